The van der Waals surface area contributed by atoms with Gasteiger partial charge in [-0.3, -0.25) is 4.98 Å². The van der Waals surface area contributed by atoms with Crippen molar-refractivity contribution in [2.45, 2.75) is 20.0 Å². The molecule has 0 aliphatic carbocycles. The lowest BCUT2D eigenvalue weighted by Crippen LogP contribution is -2.03. The number of halogens is 1. The van der Waals surface area contributed by atoms with Crippen LogP contribution in [0.5, 0.6) is 0 Å². The van der Waals surface area contributed by atoms with E-state index in [1.807, 2.05) is 12.1 Å². The SMILES string of the molecule is CCCNc1cc(COC)nc2ccc(Br)cc12. The van der Waals surface area contributed by atoms with Crippen molar-refractivity contribution in [3.63, 3.8) is 0 Å². The van der Waals surface area contributed by atoms with Crippen molar-refractivity contribution >= 4 is 32.5 Å². The molecule has 4 heteroatoms. The largest absolute Gasteiger partial charge is 0.384 e. The number of ether oxygens (including phenoxy) is 1. The number of benzene rings is 1. The summed E-state index contributed by atoms with van der Waals surface area (Å²) in [5.41, 5.74) is 3.06. The number of hydrogen-bond acceptors (Lipinski definition) is 3. The zero-order valence-electron chi connectivity index (χ0n) is 10.7. The smallest absolute Gasteiger partial charge is 0.0885 e. The van der Waals surface area contributed by atoms with Gasteiger partial charge in [0.1, 0.15) is 0 Å². The summed E-state index contributed by atoms with van der Waals surface area (Å²) in [5, 5.41) is 4.58. The first-order valence-electron chi connectivity index (χ1n) is 6.06. The van der Waals surface area contributed by atoms with Crippen LogP contribution in [-0.4, -0.2) is 18.6 Å². The van der Waals surface area contributed by atoms with E-state index in [-0.39, 0.29) is 0 Å². The Hall–Kier alpha value is -1.13. The second-order valence-electron chi connectivity index (χ2n) is 4.18. The number of aromatic nitrogens is 1. The Kier molecular flexibility index (Phi) is 4.55. The second kappa shape index (κ2) is 6.16. The Labute approximate surface area is 116 Å². The van der Waals surface area contributed by atoms with E-state index in [0.717, 1.165) is 39.7 Å². The van der Waals surface area contributed by atoms with Crippen LogP contribution in [0.15, 0.2) is 28.7 Å². The molecule has 1 aromatic heterocycles. The molecule has 0 aliphatic heterocycles. The van der Waals surface area contributed by atoms with Crippen LogP contribution in [0.1, 0.15) is 19.0 Å². The first-order valence-corrected chi connectivity index (χ1v) is 6.86. The molecule has 96 valence electrons. The van der Waals surface area contributed by atoms with Gasteiger partial charge in [0.05, 0.1) is 17.8 Å². The van der Waals surface area contributed by atoms with Crippen LogP contribution in [0.4, 0.5) is 5.69 Å². The Balaban J connectivity index is 2.50. The lowest BCUT2D eigenvalue weighted by atomic mass is 10.1. The second-order valence-corrected chi connectivity index (χ2v) is 5.10. The Bertz CT molecular complexity index is 543. The lowest BCUT2D eigenvalue weighted by Gasteiger charge is -2.11. The van der Waals surface area contributed by atoms with E-state index in [0.29, 0.717) is 6.61 Å². The van der Waals surface area contributed by atoms with Crippen LogP contribution in [0, 0.1) is 0 Å². The zero-order chi connectivity index (χ0) is 13.0. The van der Waals surface area contributed by atoms with Gasteiger partial charge >= 0.3 is 0 Å². The number of pyridine rings is 1. The summed E-state index contributed by atoms with van der Waals surface area (Å²) in [7, 11) is 1.69. The van der Waals surface area contributed by atoms with E-state index in [1.54, 1.807) is 7.11 Å². The quantitative estimate of drug-likeness (QED) is 0.907. The summed E-state index contributed by atoms with van der Waals surface area (Å²) in [6.07, 6.45) is 1.09. The minimum Gasteiger partial charge on any atom is -0.384 e. The highest BCUT2D eigenvalue weighted by atomic mass is 79.9. The van der Waals surface area contributed by atoms with Crippen molar-refractivity contribution in [3.05, 3.63) is 34.4 Å². The number of fused-ring (bicyclic) bond motifs is 1. The van der Waals surface area contributed by atoms with E-state index in [1.165, 1.54) is 0 Å². The molecule has 1 N–H and O–H groups in total. The van der Waals surface area contributed by atoms with Crippen molar-refractivity contribution < 1.29 is 4.74 Å². The Morgan fingerprint density at radius 2 is 2.17 bits per heavy atom. The van der Waals surface area contributed by atoms with E-state index >= 15 is 0 Å². The molecule has 1 heterocycles. The minimum atomic E-state index is 0.535. The standard InChI is InChI=1S/C14H17BrN2O/c1-3-6-16-14-8-11(9-18-2)17-13-5-4-10(15)7-12(13)14/h4-5,7-8H,3,6,9H2,1-2H3,(H,16,17). The summed E-state index contributed by atoms with van der Waals surface area (Å²) < 4.78 is 6.23. The summed E-state index contributed by atoms with van der Waals surface area (Å²) in [6, 6.07) is 8.19. The van der Waals surface area contributed by atoms with E-state index in [4.69, 9.17) is 4.74 Å². The van der Waals surface area contributed by atoms with Gasteiger partial charge in [0.15, 0.2) is 0 Å². The number of rotatable bonds is 5. The first kappa shape index (κ1) is 13.3. The van der Waals surface area contributed by atoms with Gasteiger partial charge in [0.25, 0.3) is 0 Å². The van der Waals surface area contributed by atoms with Crippen molar-refractivity contribution in [1.82, 2.24) is 4.98 Å². The fourth-order valence-corrected chi connectivity index (χ4v) is 2.24. The predicted molar refractivity (Wildman–Crippen MR) is 78.9 cm³/mol. The van der Waals surface area contributed by atoms with Gasteiger partial charge in [-0.15, -0.1) is 0 Å². The van der Waals surface area contributed by atoms with Gasteiger partial charge in [-0.2, -0.15) is 0 Å². The molecule has 0 radical (unpaired) electrons. The van der Waals surface area contributed by atoms with Crippen molar-refractivity contribution in [2.75, 3.05) is 19.0 Å². The van der Waals surface area contributed by atoms with Crippen molar-refractivity contribution in [2.24, 2.45) is 0 Å². The van der Waals surface area contributed by atoms with Crippen molar-refractivity contribution in [3.8, 4) is 0 Å². The third-order valence-corrected chi connectivity index (χ3v) is 3.17. The molecular weight excluding hydrogens is 292 g/mol. The highest BCUT2D eigenvalue weighted by Gasteiger charge is 2.06. The van der Waals surface area contributed by atoms with Crippen LogP contribution in [0.2, 0.25) is 0 Å². The average Bonchev–Trinajstić information content (AvgIpc) is 2.37. The molecule has 18 heavy (non-hydrogen) atoms. The van der Waals surface area contributed by atoms with Crippen molar-refractivity contribution in [1.29, 1.82) is 0 Å². The molecule has 0 fully saturated rings. The van der Waals surface area contributed by atoms with Gasteiger partial charge in [0.2, 0.25) is 0 Å². The average molecular weight is 309 g/mol. The normalized spacial score (nSPS) is 10.8. The van der Waals surface area contributed by atoms with Gasteiger partial charge in [-0.1, -0.05) is 22.9 Å². The van der Waals surface area contributed by atoms with Gasteiger partial charge in [0, 0.05) is 29.2 Å². The highest BCUT2D eigenvalue weighted by molar-refractivity contribution is 9.10. The summed E-state index contributed by atoms with van der Waals surface area (Å²) >= 11 is 3.50. The molecule has 0 spiro atoms. The maximum atomic E-state index is 5.16. The van der Waals surface area contributed by atoms with Crippen LogP contribution >= 0.6 is 15.9 Å². The molecule has 0 saturated heterocycles. The fraction of sp³-hybridized carbons (Fsp3) is 0.357. The number of nitrogens with one attached hydrogen (secondary N) is 1. The first-order chi connectivity index (χ1) is 8.74. The molecule has 0 atom stereocenters. The fourth-order valence-electron chi connectivity index (χ4n) is 1.88. The summed E-state index contributed by atoms with van der Waals surface area (Å²) in [4.78, 5) is 4.59. The van der Waals surface area contributed by atoms with E-state index in [9.17, 15) is 0 Å². The van der Waals surface area contributed by atoms with E-state index < -0.39 is 0 Å². The predicted octanol–water partition coefficient (Wildman–Crippen LogP) is 3.97. The van der Waals surface area contributed by atoms with Crippen LogP contribution in [0.3, 0.4) is 0 Å². The molecule has 0 unspecified atom stereocenters. The highest BCUT2D eigenvalue weighted by Crippen LogP contribution is 2.26. The summed E-state index contributed by atoms with van der Waals surface area (Å²) in [5.74, 6) is 0. The van der Waals surface area contributed by atoms with Crippen LogP contribution in [-0.2, 0) is 11.3 Å². The maximum absolute atomic E-state index is 5.16. The van der Waals surface area contributed by atoms with Crippen LogP contribution in [0.25, 0.3) is 10.9 Å². The molecule has 0 aliphatic rings. The van der Waals surface area contributed by atoms with E-state index in [2.05, 4.69) is 45.3 Å². The molecular formula is C14H17BrN2O. The molecule has 0 amide bonds. The summed E-state index contributed by atoms with van der Waals surface area (Å²) in [6.45, 7) is 3.65. The molecule has 1 aromatic carbocycles. The van der Waals surface area contributed by atoms with Gasteiger partial charge in [-0.05, 0) is 30.7 Å². The molecule has 0 saturated carbocycles. The zero-order valence-corrected chi connectivity index (χ0v) is 12.3. The molecule has 0 bridgehead atoms. The third-order valence-electron chi connectivity index (χ3n) is 2.68. The number of methoxy groups -OCH3 is 1. The monoisotopic (exact) mass is 308 g/mol. The molecule has 3 nitrogen and oxygen atoms in total. The topological polar surface area (TPSA) is 34.1 Å². The Morgan fingerprint density at radius 1 is 1.33 bits per heavy atom. The van der Waals surface area contributed by atoms with Crippen LogP contribution < -0.4 is 5.32 Å². The third kappa shape index (κ3) is 3.00. The van der Waals surface area contributed by atoms with Gasteiger partial charge < -0.3 is 10.1 Å². The van der Waals surface area contributed by atoms with Gasteiger partial charge in [-0.25, -0.2) is 0 Å². The molecule has 2 rings (SSSR count). The number of hydrogen-bond donors (Lipinski definition) is 1. The Morgan fingerprint density at radius 3 is 2.89 bits per heavy atom. The number of anilines is 1. The maximum Gasteiger partial charge on any atom is 0.0885 e. The minimum absolute atomic E-state index is 0.535. The lowest BCUT2D eigenvalue weighted by molar-refractivity contribution is 0.182. The number of nitrogens with zero attached hydrogens (tertiary/aromatic N) is 1. The molecule has 2 aromatic rings.